The Balaban J connectivity index is 1.90. The van der Waals surface area contributed by atoms with Gasteiger partial charge in [0.2, 0.25) is 11.8 Å². The molecule has 1 fully saturated rings. The number of rotatable bonds is 6. The van der Waals surface area contributed by atoms with Crippen LogP contribution in [0.1, 0.15) is 53.0 Å². The van der Waals surface area contributed by atoms with Crippen LogP contribution in [0.4, 0.5) is 0 Å². The molecule has 1 aromatic heterocycles. The van der Waals surface area contributed by atoms with Crippen LogP contribution in [-0.4, -0.2) is 58.0 Å². The maximum absolute atomic E-state index is 12.9. The zero-order valence-corrected chi connectivity index (χ0v) is 16.5. The average molecular weight is 348 g/mol. The molecular formula is C20H33N3O2. The third kappa shape index (κ3) is 4.94. The Labute approximate surface area is 152 Å². The first kappa shape index (κ1) is 19.7. The molecule has 1 amide bonds. The number of amides is 1. The highest BCUT2D eigenvalue weighted by Crippen LogP contribution is 2.22. The van der Waals surface area contributed by atoms with Crippen molar-refractivity contribution >= 4 is 5.91 Å². The van der Waals surface area contributed by atoms with Gasteiger partial charge < -0.3 is 9.64 Å². The fraction of sp³-hybridized carbons (Fsp3) is 0.700. The van der Waals surface area contributed by atoms with Crippen LogP contribution in [0.5, 0.6) is 5.88 Å². The summed E-state index contributed by atoms with van der Waals surface area (Å²) in [6.07, 6.45) is 3.80. The van der Waals surface area contributed by atoms with Gasteiger partial charge in [-0.25, -0.2) is 4.98 Å². The topological polar surface area (TPSA) is 45.7 Å². The smallest absolute Gasteiger partial charge is 0.240 e. The Bertz CT molecular complexity index is 558. The van der Waals surface area contributed by atoms with E-state index in [1.165, 1.54) is 0 Å². The second-order valence-electron chi connectivity index (χ2n) is 7.59. The Morgan fingerprint density at radius 2 is 1.80 bits per heavy atom. The van der Waals surface area contributed by atoms with Crippen molar-refractivity contribution in [3.8, 4) is 5.88 Å². The Morgan fingerprint density at radius 3 is 2.32 bits per heavy atom. The lowest BCUT2D eigenvalue weighted by atomic mass is 10.0. The largest absolute Gasteiger partial charge is 0.474 e. The van der Waals surface area contributed by atoms with Crippen LogP contribution in [0.25, 0.3) is 0 Å². The lowest BCUT2D eigenvalue weighted by molar-refractivity contribution is -0.140. The number of likely N-dealkylation sites (tertiary alicyclic amines) is 1. The fourth-order valence-corrected chi connectivity index (χ4v) is 3.61. The molecule has 140 valence electrons. The summed E-state index contributed by atoms with van der Waals surface area (Å²) in [4.78, 5) is 21.5. The van der Waals surface area contributed by atoms with Gasteiger partial charge in [0.05, 0.1) is 6.04 Å². The number of nitrogens with zero attached hydrogens (tertiary/aromatic N) is 3. The maximum atomic E-state index is 12.9. The molecule has 0 saturated carbocycles. The van der Waals surface area contributed by atoms with Gasteiger partial charge in [-0.1, -0.05) is 6.07 Å². The number of hydrogen-bond donors (Lipinski definition) is 0. The van der Waals surface area contributed by atoms with Gasteiger partial charge in [-0.3, -0.25) is 9.69 Å². The van der Waals surface area contributed by atoms with E-state index in [0.29, 0.717) is 0 Å². The van der Waals surface area contributed by atoms with Crippen LogP contribution < -0.4 is 4.74 Å². The maximum Gasteiger partial charge on any atom is 0.240 e. The van der Waals surface area contributed by atoms with Crippen molar-refractivity contribution in [2.45, 2.75) is 78.6 Å². The summed E-state index contributed by atoms with van der Waals surface area (Å²) in [6, 6.07) is 4.31. The lowest BCUT2D eigenvalue weighted by Gasteiger charge is -2.39. The SMILES string of the molecule is Cc1cccnc1OC1CCN(C(C)C(=O)N(C(C)C)C(C)C)CC1. The molecule has 0 bridgehead atoms. The highest BCUT2D eigenvalue weighted by molar-refractivity contribution is 5.82. The predicted molar refractivity (Wildman–Crippen MR) is 101 cm³/mol. The quantitative estimate of drug-likeness (QED) is 0.792. The molecular weight excluding hydrogens is 314 g/mol. The number of ether oxygens (including phenoxy) is 1. The second kappa shape index (κ2) is 8.65. The highest BCUT2D eigenvalue weighted by Gasteiger charge is 2.32. The molecule has 1 aliphatic rings. The van der Waals surface area contributed by atoms with Crippen molar-refractivity contribution < 1.29 is 9.53 Å². The summed E-state index contributed by atoms with van der Waals surface area (Å²) in [5.41, 5.74) is 1.07. The van der Waals surface area contributed by atoms with Crippen LogP contribution in [-0.2, 0) is 4.79 Å². The molecule has 1 unspecified atom stereocenters. The third-order valence-electron chi connectivity index (χ3n) is 4.99. The van der Waals surface area contributed by atoms with E-state index >= 15 is 0 Å². The van der Waals surface area contributed by atoms with Crippen LogP contribution in [0.2, 0.25) is 0 Å². The molecule has 5 heteroatoms. The molecule has 1 saturated heterocycles. The molecule has 0 aromatic carbocycles. The van der Waals surface area contributed by atoms with E-state index in [9.17, 15) is 4.79 Å². The van der Waals surface area contributed by atoms with Crippen molar-refractivity contribution in [1.82, 2.24) is 14.8 Å². The average Bonchev–Trinajstić information content (AvgIpc) is 2.56. The Hall–Kier alpha value is -1.62. The van der Waals surface area contributed by atoms with E-state index in [2.05, 4.69) is 37.6 Å². The molecule has 0 spiro atoms. The summed E-state index contributed by atoms with van der Waals surface area (Å²) in [6.45, 7) is 14.1. The molecule has 1 aromatic rings. The molecule has 0 radical (unpaired) electrons. The minimum absolute atomic E-state index is 0.0812. The lowest BCUT2D eigenvalue weighted by Crippen LogP contribution is -2.54. The first-order valence-corrected chi connectivity index (χ1v) is 9.45. The van der Waals surface area contributed by atoms with Gasteiger partial charge in [0.25, 0.3) is 0 Å². The third-order valence-corrected chi connectivity index (χ3v) is 4.99. The number of aryl methyl sites for hydroxylation is 1. The van der Waals surface area contributed by atoms with E-state index in [0.717, 1.165) is 37.4 Å². The standard InChI is InChI=1S/C20H33N3O2/c1-14(2)23(15(3)4)20(24)17(6)22-12-9-18(10-13-22)25-19-16(5)8-7-11-21-19/h7-8,11,14-15,17-18H,9-10,12-13H2,1-6H3. The normalized spacial score (nSPS) is 17.8. The molecule has 0 aliphatic carbocycles. The summed E-state index contributed by atoms with van der Waals surface area (Å²) in [7, 11) is 0. The van der Waals surface area contributed by atoms with E-state index in [-0.39, 0.29) is 30.1 Å². The Morgan fingerprint density at radius 1 is 1.20 bits per heavy atom. The van der Waals surface area contributed by atoms with Gasteiger partial charge >= 0.3 is 0 Å². The summed E-state index contributed by atoms with van der Waals surface area (Å²) >= 11 is 0. The van der Waals surface area contributed by atoms with Crippen LogP contribution >= 0.6 is 0 Å². The van der Waals surface area contributed by atoms with Crippen molar-refractivity contribution in [3.05, 3.63) is 23.9 Å². The van der Waals surface area contributed by atoms with Crippen molar-refractivity contribution in [2.24, 2.45) is 0 Å². The molecule has 2 heterocycles. The molecule has 25 heavy (non-hydrogen) atoms. The van der Waals surface area contributed by atoms with Crippen LogP contribution in [0.3, 0.4) is 0 Å². The van der Waals surface area contributed by atoms with Crippen molar-refractivity contribution in [3.63, 3.8) is 0 Å². The number of aromatic nitrogens is 1. The van der Waals surface area contributed by atoms with Gasteiger partial charge in [0.1, 0.15) is 6.10 Å². The molecule has 1 aliphatic heterocycles. The number of carbonyl (C=O) groups excluding carboxylic acids is 1. The number of hydrogen-bond acceptors (Lipinski definition) is 4. The molecule has 2 rings (SSSR count). The first-order valence-electron chi connectivity index (χ1n) is 9.45. The fourth-order valence-electron chi connectivity index (χ4n) is 3.61. The van der Waals surface area contributed by atoms with E-state index in [1.807, 2.05) is 30.9 Å². The molecule has 0 N–H and O–H groups in total. The number of piperidine rings is 1. The monoisotopic (exact) mass is 347 g/mol. The minimum atomic E-state index is -0.0812. The molecule has 5 nitrogen and oxygen atoms in total. The van der Waals surface area contributed by atoms with Gasteiger partial charge in [0.15, 0.2) is 0 Å². The number of pyridine rings is 1. The van der Waals surface area contributed by atoms with Gasteiger partial charge in [0, 0.05) is 36.9 Å². The first-order chi connectivity index (χ1) is 11.8. The highest BCUT2D eigenvalue weighted by atomic mass is 16.5. The van der Waals surface area contributed by atoms with Gasteiger partial charge in [-0.2, -0.15) is 0 Å². The zero-order valence-electron chi connectivity index (χ0n) is 16.5. The van der Waals surface area contributed by atoms with Crippen molar-refractivity contribution in [2.75, 3.05) is 13.1 Å². The zero-order chi connectivity index (χ0) is 18.6. The summed E-state index contributed by atoms with van der Waals surface area (Å²) in [5.74, 6) is 0.959. The number of carbonyl (C=O) groups is 1. The van der Waals surface area contributed by atoms with Crippen LogP contribution in [0, 0.1) is 6.92 Å². The van der Waals surface area contributed by atoms with Gasteiger partial charge in [-0.05, 0) is 60.5 Å². The van der Waals surface area contributed by atoms with Crippen molar-refractivity contribution in [1.29, 1.82) is 0 Å². The summed E-state index contributed by atoms with van der Waals surface area (Å²) in [5, 5.41) is 0. The van der Waals surface area contributed by atoms with Gasteiger partial charge in [-0.15, -0.1) is 0 Å². The minimum Gasteiger partial charge on any atom is -0.474 e. The van der Waals surface area contributed by atoms with Crippen LogP contribution in [0.15, 0.2) is 18.3 Å². The van der Waals surface area contributed by atoms with E-state index in [1.54, 1.807) is 6.20 Å². The summed E-state index contributed by atoms with van der Waals surface area (Å²) < 4.78 is 6.07. The molecule has 1 atom stereocenters. The van der Waals surface area contributed by atoms with E-state index < -0.39 is 0 Å². The predicted octanol–water partition coefficient (Wildman–Crippen LogP) is 3.27. The second-order valence-corrected chi connectivity index (χ2v) is 7.59. The van der Waals surface area contributed by atoms with E-state index in [4.69, 9.17) is 4.74 Å². The Kier molecular flexibility index (Phi) is 6.82.